The summed E-state index contributed by atoms with van der Waals surface area (Å²) in [6.45, 7) is 1.99. The summed E-state index contributed by atoms with van der Waals surface area (Å²) >= 11 is 0. The molecule has 1 aromatic heterocycles. The highest BCUT2D eigenvalue weighted by atomic mass is 16.2. The van der Waals surface area contributed by atoms with Crippen LogP contribution in [0.25, 0.3) is 0 Å². The molecule has 0 aliphatic carbocycles. The van der Waals surface area contributed by atoms with E-state index in [2.05, 4.69) is 22.1 Å². The average molecular weight is 280 g/mol. The largest absolute Gasteiger partial charge is 0.395 e. The molecule has 4 nitrogen and oxygen atoms in total. The molecule has 0 spiro atoms. The van der Waals surface area contributed by atoms with E-state index in [4.69, 9.17) is 5.11 Å². The number of carbonyl (C=O) groups is 1. The minimum atomic E-state index is -0.193. The van der Waals surface area contributed by atoms with E-state index < -0.39 is 0 Å². The van der Waals surface area contributed by atoms with Gasteiger partial charge in [-0.05, 0) is 42.8 Å². The molecule has 1 amide bonds. The number of nitrogens with zero attached hydrogens (tertiary/aromatic N) is 1. The number of anilines is 1. The summed E-state index contributed by atoms with van der Waals surface area (Å²) in [6, 6.07) is 8.98. The third-order valence-corrected chi connectivity index (χ3v) is 2.87. The van der Waals surface area contributed by atoms with Crippen LogP contribution < -0.4 is 5.32 Å². The van der Waals surface area contributed by atoms with Crippen molar-refractivity contribution < 1.29 is 9.90 Å². The van der Waals surface area contributed by atoms with Gasteiger partial charge in [0.1, 0.15) is 0 Å². The highest BCUT2D eigenvalue weighted by molar-refractivity contribution is 6.04. The van der Waals surface area contributed by atoms with Gasteiger partial charge in [0.2, 0.25) is 0 Å². The van der Waals surface area contributed by atoms with E-state index in [0.29, 0.717) is 17.7 Å². The van der Waals surface area contributed by atoms with E-state index in [1.54, 1.807) is 18.3 Å². The third-order valence-electron chi connectivity index (χ3n) is 2.87. The van der Waals surface area contributed by atoms with Crippen molar-refractivity contribution in [2.24, 2.45) is 0 Å². The number of aryl methyl sites for hydroxylation is 1. The fourth-order valence-electron chi connectivity index (χ4n) is 1.80. The molecule has 0 fully saturated rings. The van der Waals surface area contributed by atoms with Crippen LogP contribution in [0.1, 0.15) is 27.9 Å². The lowest BCUT2D eigenvalue weighted by Crippen LogP contribution is -2.12. The highest BCUT2D eigenvalue weighted by Gasteiger charge is 2.06. The Hall–Kier alpha value is -2.64. The molecule has 1 aromatic carbocycles. The van der Waals surface area contributed by atoms with Crippen LogP contribution in [-0.4, -0.2) is 22.6 Å². The van der Waals surface area contributed by atoms with Crippen molar-refractivity contribution >= 4 is 11.6 Å². The Balaban J connectivity index is 2.11. The molecule has 0 aliphatic heterocycles. The molecule has 1 heterocycles. The maximum absolute atomic E-state index is 12.0. The van der Waals surface area contributed by atoms with Gasteiger partial charge < -0.3 is 10.4 Å². The van der Waals surface area contributed by atoms with E-state index in [1.807, 2.05) is 25.1 Å². The molecule has 0 radical (unpaired) electrons. The van der Waals surface area contributed by atoms with E-state index >= 15 is 0 Å². The highest BCUT2D eigenvalue weighted by Crippen LogP contribution is 2.15. The number of carbonyl (C=O) groups excluding carboxylic acids is 1. The normalized spacial score (nSPS) is 9.62. The Morgan fingerprint density at radius 2 is 2.24 bits per heavy atom. The van der Waals surface area contributed by atoms with Crippen LogP contribution in [0, 0.1) is 18.8 Å². The number of amides is 1. The van der Waals surface area contributed by atoms with Gasteiger partial charge in [0, 0.05) is 30.1 Å². The number of aliphatic hydroxyl groups is 1. The maximum atomic E-state index is 12.0. The lowest BCUT2D eigenvalue weighted by Gasteiger charge is -2.07. The zero-order valence-electron chi connectivity index (χ0n) is 11.8. The number of hydrogen-bond acceptors (Lipinski definition) is 3. The smallest absolute Gasteiger partial charge is 0.257 e. The standard InChI is InChI=1S/C17H16N2O2/c1-13-11-16(8-7-14(13)5-2-3-10-20)19-17(21)15-6-4-9-18-12-15/h4,6-9,11-12,20H,3,10H2,1H3,(H,19,21). The Morgan fingerprint density at radius 1 is 1.38 bits per heavy atom. The summed E-state index contributed by atoms with van der Waals surface area (Å²) in [7, 11) is 0. The molecular formula is C17H16N2O2. The van der Waals surface area contributed by atoms with Crippen LogP contribution in [0.4, 0.5) is 5.69 Å². The lowest BCUT2D eigenvalue weighted by molar-refractivity contribution is 0.102. The Kier molecular flexibility index (Phi) is 5.08. The summed E-state index contributed by atoms with van der Waals surface area (Å²) in [5.41, 5.74) is 3.10. The molecule has 0 aliphatic rings. The second kappa shape index (κ2) is 7.22. The number of aliphatic hydroxyl groups excluding tert-OH is 1. The lowest BCUT2D eigenvalue weighted by atomic mass is 10.1. The van der Waals surface area contributed by atoms with E-state index in [1.165, 1.54) is 6.20 Å². The summed E-state index contributed by atoms with van der Waals surface area (Å²) in [5, 5.41) is 11.5. The van der Waals surface area contributed by atoms with Crippen LogP contribution in [0.2, 0.25) is 0 Å². The van der Waals surface area contributed by atoms with Crippen molar-refractivity contribution in [1.29, 1.82) is 0 Å². The first-order chi connectivity index (χ1) is 10.2. The van der Waals surface area contributed by atoms with Gasteiger partial charge in [0.25, 0.3) is 5.91 Å². The van der Waals surface area contributed by atoms with Crippen LogP contribution in [0.5, 0.6) is 0 Å². The Morgan fingerprint density at radius 3 is 2.90 bits per heavy atom. The van der Waals surface area contributed by atoms with Gasteiger partial charge in [-0.15, -0.1) is 0 Å². The summed E-state index contributed by atoms with van der Waals surface area (Å²) in [6.07, 6.45) is 3.61. The number of rotatable bonds is 3. The molecule has 0 saturated carbocycles. The van der Waals surface area contributed by atoms with E-state index in [-0.39, 0.29) is 12.5 Å². The zero-order chi connectivity index (χ0) is 15.1. The third kappa shape index (κ3) is 4.16. The van der Waals surface area contributed by atoms with Gasteiger partial charge in [0.15, 0.2) is 0 Å². The molecule has 0 saturated heterocycles. The van der Waals surface area contributed by atoms with Gasteiger partial charge in [-0.1, -0.05) is 11.8 Å². The molecule has 2 rings (SSSR count). The number of benzene rings is 1. The molecule has 0 atom stereocenters. The minimum absolute atomic E-state index is 0.0608. The van der Waals surface area contributed by atoms with E-state index in [9.17, 15) is 4.79 Å². The SMILES string of the molecule is Cc1cc(NC(=O)c2cccnc2)ccc1C#CCCO. The summed E-state index contributed by atoms with van der Waals surface area (Å²) in [4.78, 5) is 15.9. The average Bonchev–Trinajstić information content (AvgIpc) is 2.50. The quantitative estimate of drug-likeness (QED) is 0.849. The maximum Gasteiger partial charge on any atom is 0.257 e. The molecule has 2 N–H and O–H groups in total. The van der Waals surface area contributed by atoms with Crippen molar-refractivity contribution in [3.63, 3.8) is 0 Å². The van der Waals surface area contributed by atoms with Gasteiger partial charge in [-0.2, -0.15) is 0 Å². The number of hydrogen-bond donors (Lipinski definition) is 2. The number of nitrogens with one attached hydrogen (secondary N) is 1. The number of aromatic nitrogens is 1. The topological polar surface area (TPSA) is 62.2 Å². The first-order valence-corrected chi connectivity index (χ1v) is 6.62. The fraction of sp³-hybridized carbons (Fsp3) is 0.176. The summed E-state index contributed by atoms with van der Waals surface area (Å²) < 4.78 is 0. The van der Waals surface area contributed by atoms with Gasteiger partial charge in [-0.25, -0.2) is 0 Å². The van der Waals surface area contributed by atoms with Crippen LogP contribution in [0.3, 0.4) is 0 Å². The predicted molar refractivity (Wildman–Crippen MR) is 82.0 cm³/mol. The summed E-state index contributed by atoms with van der Waals surface area (Å²) in [5.74, 6) is 5.68. The first kappa shape index (κ1) is 14.8. The molecule has 2 aromatic rings. The van der Waals surface area contributed by atoms with Crippen molar-refractivity contribution in [2.75, 3.05) is 11.9 Å². The predicted octanol–water partition coefficient (Wildman–Crippen LogP) is 2.38. The van der Waals surface area contributed by atoms with Gasteiger partial charge in [-0.3, -0.25) is 9.78 Å². The van der Waals surface area contributed by atoms with Crippen molar-refractivity contribution in [1.82, 2.24) is 4.98 Å². The van der Waals surface area contributed by atoms with Crippen molar-refractivity contribution in [2.45, 2.75) is 13.3 Å². The van der Waals surface area contributed by atoms with Crippen LogP contribution >= 0.6 is 0 Å². The molecule has 0 unspecified atom stereocenters. The van der Waals surface area contributed by atoms with Crippen LogP contribution in [-0.2, 0) is 0 Å². The second-order valence-electron chi connectivity index (χ2n) is 4.50. The van der Waals surface area contributed by atoms with E-state index in [0.717, 1.165) is 11.1 Å². The van der Waals surface area contributed by atoms with Crippen molar-refractivity contribution in [3.8, 4) is 11.8 Å². The molecular weight excluding hydrogens is 264 g/mol. The Bertz CT molecular complexity index is 685. The van der Waals surface area contributed by atoms with Gasteiger partial charge in [0.05, 0.1) is 12.2 Å². The van der Waals surface area contributed by atoms with Gasteiger partial charge >= 0.3 is 0 Å². The molecule has 4 heteroatoms. The molecule has 0 bridgehead atoms. The Labute approximate surface area is 123 Å². The molecule has 106 valence electrons. The second-order valence-corrected chi connectivity index (χ2v) is 4.50. The first-order valence-electron chi connectivity index (χ1n) is 6.62. The monoisotopic (exact) mass is 280 g/mol. The van der Waals surface area contributed by atoms with Crippen LogP contribution in [0.15, 0.2) is 42.7 Å². The van der Waals surface area contributed by atoms with Crippen molar-refractivity contribution in [3.05, 3.63) is 59.4 Å². The minimum Gasteiger partial charge on any atom is -0.395 e. The zero-order valence-corrected chi connectivity index (χ0v) is 11.8. The molecule has 21 heavy (non-hydrogen) atoms. The number of pyridine rings is 1. The fourth-order valence-corrected chi connectivity index (χ4v) is 1.80.